The smallest absolute Gasteiger partial charge is 0.259 e. The van der Waals surface area contributed by atoms with Crippen LogP contribution in [0.5, 0.6) is 0 Å². The molecule has 0 spiro atoms. The highest BCUT2D eigenvalue weighted by Crippen LogP contribution is 2.29. The number of amides is 2. The molecule has 4 rings (SSSR count). The average Bonchev–Trinajstić information content (AvgIpc) is 3.33. The van der Waals surface area contributed by atoms with E-state index in [1.54, 1.807) is 6.07 Å². The predicted octanol–water partition coefficient (Wildman–Crippen LogP) is 3.72. The number of anilines is 2. The first kappa shape index (κ1) is 22.2. The zero-order valence-electron chi connectivity index (χ0n) is 18.1. The van der Waals surface area contributed by atoms with Gasteiger partial charge in [0.05, 0.1) is 11.7 Å². The summed E-state index contributed by atoms with van der Waals surface area (Å²) in [5, 5.41) is 2.70. The van der Waals surface area contributed by atoms with E-state index in [1.165, 1.54) is 24.3 Å². The number of carbonyl (C=O) groups is 2. The second kappa shape index (κ2) is 10.1. The lowest BCUT2D eigenvalue weighted by molar-refractivity contribution is -0.132. The van der Waals surface area contributed by atoms with Crippen molar-refractivity contribution in [3.8, 4) is 0 Å². The summed E-state index contributed by atoms with van der Waals surface area (Å²) in [6.07, 6.45) is 5.37. The van der Waals surface area contributed by atoms with Crippen LogP contribution >= 0.6 is 0 Å². The molecule has 1 aromatic carbocycles. The van der Waals surface area contributed by atoms with E-state index in [0.717, 1.165) is 44.4 Å². The SMILES string of the molecule is Nc1nc(C2CCN(C(=O)CC[C@@H]3CCCO3)CC2)ccc1C(=O)Nc1ccc(F)cc1. The quantitative estimate of drug-likeness (QED) is 0.714. The molecule has 2 saturated heterocycles. The van der Waals surface area contributed by atoms with E-state index >= 15 is 0 Å². The van der Waals surface area contributed by atoms with Crippen LogP contribution in [0, 0.1) is 5.82 Å². The summed E-state index contributed by atoms with van der Waals surface area (Å²) in [5.41, 5.74) is 7.67. The van der Waals surface area contributed by atoms with Gasteiger partial charge in [-0.3, -0.25) is 9.59 Å². The van der Waals surface area contributed by atoms with Crippen molar-refractivity contribution in [3.05, 3.63) is 53.5 Å². The summed E-state index contributed by atoms with van der Waals surface area (Å²) in [5.74, 6) is -0.200. The highest BCUT2D eigenvalue weighted by molar-refractivity contribution is 6.07. The van der Waals surface area contributed by atoms with E-state index in [9.17, 15) is 14.0 Å². The largest absolute Gasteiger partial charge is 0.383 e. The maximum atomic E-state index is 13.0. The Morgan fingerprint density at radius 1 is 1.12 bits per heavy atom. The molecule has 0 aliphatic carbocycles. The van der Waals surface area contributed by atoms with E-state index in [0.29, 0.717) is 25.2 Å². The third-order valence-corrected chi connectivity index (χ3v) is 6.26. The first-order valence-electron chi connectivity index (χ1n) is 11.2. The molecule has 0 saturated carbocycles. The van der Waals surface area contributed by atoms with Gasteiger partial charge in [-0.2, -0.15) is 0 Å². The van der Waals surface area contributed by atoms with Gasteiger partial charge in [0.2, 0.25) is 5.91 Å². The Bertz CT molecular complexity index is 952. The molecule has 0 bridgehead atoms. The monoisotopic (exact) mass is 440 g/mol. The Balaban J connectivity index is 1.30. The van der Waals surface area contributed by atoms with Crippen molar-refractivity contribution in [2.75, 3.05) is 30.7 Å². The normalized spacial score (nSPS) is 19.2. The maximum absolute atomic E-state index is 13.0. The molecule has 3 heterocycles. The number of hydrogen-bond donors (Lipinski definition) is 2. The van der Waals surface area contributed by atoms with Crippen LogP contribution in [-0.4, -0.2) is 47.5 Å². The highest BCUT2D eigenvalue weighted by Gasteiger charge is 2.26. The van der Waals surface area contributed by atoms with E-state index in [1.807, 2.05) is 11.0 Å². The minimum absolute atomic E-state index is 0.164. The van der Waals surface area contributed by atoms with Gasteiger partial charge >= 0.3 is 0 Å². The van der Waals surface area contributed by atoms with Crippen molar-refractivity contribution >= 4 is 23.3 Å². The molecule has 1 atom stereocenters. The molecule has 8 heteroatoms. The number of likely N-dealkylation sites (tertiary alicyclic amines) is 1. The van der Waals surface area contributed by atoms with E-state index in [4.69, 9.17) is 10.5 Å². The number of pyridine rings is 1. The standard InChI is InChI=1S/C24H29FN4O3/c25-17-3-5-18(6-4-17)27-24(31)20-8-9-21(28-23(20)26)16-11-13-29(14-12-16)22(30)10-7-19-2-1-15-32-19/h3-6,8-9,16,19H,1-2,7,10-15H2,(H2,26,28)(H,27,31)/t19-/m0/s1. The lowest BCUT2D eigenvalue weighted by atomic mass is 9.92. The van der Waals surface area contributed by atoms with E-state index in [2.05, 4.69) is 10.3 Å². The van der Waals surface area contributed by atoms with Gasteiger partial charge in [0.15, 0.2) is 0 Å². The van der Waals surface area contributed by atoms with Gasteiger partial charge in [-0.1, -0.05) is 0 Å². The van der Waals surface area contributed by atoms with Gasteiger partial charge in [-0.25, -0.2) is 9.37 Å². The lowest BCUT2D eigenvalue weighted by Crippen LogP contribution is -2.38. The Hall–Kier alpha value is -3.00. The summed E-state index contributed by atoms with van der Waals surface area (Å²) in [4.78, 5) is 31.4. The first-order valence-corrected chi connectivity index (χ1v) is 11.2. The number of benzene rings is 1. The zero-order chi connectivity index (χ0) is 22.5. The van der Waals surface area contributed by atoms with Crippen LogP contribution in [0.25, 0.3) is 0 Å². The van der Waals surface area contributed by atoms with Crippen LogP contribution in [0.2, 0.25) is 0 Å². The van der Waals surface area contributed by atoms with Crippen LogP contribution < -0.4 is 11.1 Å². The third kappa shape index (κ3) is 5.43. The summed E-state index contributed by atoms with van der Waals surface area (Å²) in [6, 6.07) is 9.03. The number of nitrogen functional groups attached to an aromatic ring is 1. The van der Waals surface area contributed by atoms with Crippen molar-refractivity contribution < 1.29 is 18.7 Å². The molecule has 7 nitrogen and oxygen atoms in total. The maximum Gasteiger partial charge on any atom is 0.259 e. The Morgan fingerprint density at radius 2 is 1.88 bits per heavy atom. The second-order valence-corrected chi connectivity index (χ2v) is 8.46. The van der Waals surface area contributed by atoms with E-state index in [-0.39, 0.29) is 41.0 Å². The molecular weight excluding hydrogens is 411 g/mol. The summed E-state index contributed by atoms with van der Waals surface area (Å²) < 4.78 is 18.6. The van der Waals surface area contributed by atoms with Crippen molar-refractivity contribution in [2.24, 2.45) is 0 Å². The minimum Gasteiger partial charge on any atom is -0.383 e. The number of piperidine rings is 1. The highest BCUT2D eigenvalue weighted by atomic mass is 19.1. The molecule has 2 aliphatic heterocycles. The van der Waals surface area contributed by atoms with Gasteiger partial charge in [-0.15, -0.1) is 0 Å². The summed E-state index contributed by atoms with van der Waals surface area (Å²) in [6.45, 7) is 2.21. The Morgan fingerprint density at radius 3 is 2.53 bits per heavy atom. The fourth-order valence-electron chi connectivity index (χ4n) is 4.38. The lowest BCUT2D eigenvalue weighted by Gasteiger charge is -2.32. The van der Waals surface area contributed by atoms with E-state index < -0.39 is 0 Å². The topological polar surface area (TPSA) is 97.6 Å². The fourth-order valence-corrected chi connectivity index (χ4v) is 4.38. The molecule has 2 aromatic rings. The van der Waals surface area contributed by atoms with Crippen LogP contribution in [0.4, 0.5) is 15.9 Å². The van der Waals surface area contributed by atoms with Gasteiger partial charge in [0.1, 0.15) is 11.6 Å². The van der Waals surface area contributed by atoms with Crippen LogP contribution in [-0.2, 0) is 9.53 Å². The number of rotatable bonds is 6. The summed E-state index contributed by atoms with van der Waals surface area (Å²) >= 11 is 0. The number of ether oxygens (including phenoxy) is 1. The number of nitrogens with one attached hydrogen (secondary N) is 1. The molecule has 3 N–H and O–H groups in total. The molecule has 2 aliphatic rings. The second-order valence-electron chi connectivity index (χ2n) is 8.46. The molecule has 32 heavy (non-hydrogen) atoms. The minimum atomic E-state index is -0.389. The van der Waals surface area contributed by atoms with Crippen LogP contribution in [0.3, 0.4) is 0 Å². The number of hydrogen-bond acceptors (Lipinski definition) is 5. The molecule has 2 amide bonds. The Labute approximate surface area is 187 Å². The zero-order valence-corrected chi connectivity index (χ0v) is 18.1. The molecule has 2 fully saturated rings. The van der Waals surface area contributed by atoms with Gasteiger partial charge in [-0.05, 0) is 68.5 Å². The molecule has 0 radical (unpaired) electrons. The number of carbonyl (C=O) groups excluding carboxylic acids is 2. The van der Waals surface area contributed by atoms with Crippen molar-refractivity contribution in [3.63, 3.8) is 0 Å². The number of aromatic nitrogens is 1. The van der Waals surface area contributed by atoms with Crippen LogP contribution in [0.15, 0.2) is 36.4 Å². The van der Waals surface area contributed by atoms with Crippen molar-refractivity contribution in [1.82, 2.24) is 9.88 Å². The molecule has 1 aromatic heterocycles. The van der Waals surface area contributed by atoms with Crippen LogP contribution in [0.1, 0.15) is 60.5 Å². The Kier molecular flexibility index (Phi) is 6.99. The summed E-state index contributed by atoms with van der Waals surface area (Å²) in [7, 11) is 0. The average molecular weight is 441 g/mol. The van der Waals surface area contributed by atoms with Gasteiger partial charge in [0, 0.05) is 43.4 Å². The molecule has 170 valence electrons. The number of nitrogens with zero attached hydrogens (tertiary/aromatic N) is 2. The molecular formula is C24H29FN4O3. The predicted molar refractivity (Wildman–Crippen MR) is 120 cm³/mol. The molecule has 0 unspecified atom stereocenters. The van der Waals surface area contributed by atoms with Gasteiger partial charge in [0.25, 0.3) is 5.91 Å². The third-order valence-electron chi connectivity index (χ3n) is 6.26. The number of halogens is 1. The van der Waals surface area contributed by atoms with Gasteiger partial charge < -0.3 is 20.7 Å². The van der Waals surface area contributed by atoms with Crippen molar-refractivity contribution in [1.29, 1.82) is 0 Å². The number of nitrogens with two attached hydrogens (primary N) is 1. The van der Waals surface area contributed by atoms with Crippen molar-refractivity contribution in [2.45, 2.75) is 50.5 Å². The fraction of sp³-hybridized carbons (Fsp3) is 0.458. The first-order chi connectivity index (χ1) is 15.5.